The smallest absolute Gasteiger partial charge is 0.331 e. The van der Waals surface area contributed by atoms with Crippen LogP contribution >= 0.6 is 0 Å². The molecule has 0 amide bonds. The second-order valence-electron chi connectivity index (χ2n) is 8.72. The minimum Gasteiger partial charge on any atom is -0.504 e. The highest BCUT2D eigenvalue weighted by atomic mass is 16.7. The minimum atomic E-state index is -1.74. The predicted molar refractivity (Wildman–Crippen MR) is 127 cm³/mol. The number of hydrogen-bond donors (Lipinski definition) is 6. The first-order valence-electron chi connectivity index (χ1n) is 11.7. The van der Waals surface area contributed by atoms with Gasteiger partial charge in [-0.05, 0) is 23.8 Å². The molecule has 3 rings (SSSR count). The number of nitrogens with zero attached hydrogens (tertiary/aromatic N) is 1. The Kier molecular flexibility index (Phi) is 10.2. The summed E-state index contributed by atoms with van der Waals surface area (Å²) in [5.74, 6) is -0.865. The van der Waals surface area contributed by atoms with E-state index in [4.69, 9.17) is 28.9 Å². The summed E-state index contributed by atoms with van der Waals surface area (Å²) >= 11 is 0. The molecular formula is C25H31NO12. The molecular weight excluding hydrogens is 506 g/mol. The van der Waals surface area contributed by atoms with E-state index in [1.54, 1.807) is 6.07 Å². The lowest BCUT2D eigenvalue weighted by molar-refractivity contribution is -0.314. The maximum Gasteiger partial charge on any atom is 0.331 e. The van der Waals surface area contributed by atoms with Crippen LogP contribution in [0.5, 0.6) is 11.5 Å². The van der Waals surface area contributed by atoms with Crippen molar-refractivity contribution < 1.29 is 59.1 Å². The average molecular weight is 538 g/mol. The number of methoxy groups -OCH3 is 2. The van der Waals surface area contributed by atoms with Gasteiger partial charge in [0.05, 0.1) is 32.0 Å². The molecule has 0 spiro atoms. The maximum atomic E-state index is 12.6. The van der Waals surface area contributed by atoms with Crippen molar-refractivity contribution in [2.75, 3.05) is 20.8 Å². The predicted octanol–water partition coefficient (Wildman–Crippen LogP) is -1.26. The molecule has 2 aliphatic rings. The summed E-state index contributed by atoms with van der Waals surface area (Å²) in [4.78, 5) is 12.6. The van der Waals surface area contributed by atoms with Gasteiger partial charge >= 0.3 is 5.97 Å². The molecule has 1 heterocycles. The normalized spacial score (nSPS) is 34.7. The molecule has 0 radical (unpaired) electrons. The number of aliphatic hydroxyl groups is 5. The molecule has 1 saturated carbocycles. The summed E-state index contributed by atoms with van der Waals surface area (Å²) in [6.07, 6.45) is -9.29. The number of phenols is 1. The van der Waals surface area contributed by atoms with Crippen LogP contribution in [0.4, 0.5) is 0 Å². The number of carbonyl (C=O) groups is 1. The van der Waals surface area contributed by atoms with Gasteiger partial charge in [-0.2, -0.15) is 5.26 Å². The summed E-state index contributed by atoms with van der Waals surface area (Å²) in [6, 6.07) is 6.12. The molecule has 9 unspecified atom stereocenters. The van der Waals surface area contributed by atoms with E-state index in [1.807, 2.05) is 0 Å². The Morgan fingerprint density at radius 1 is 1.18 bits per heavy atom. The fourth-order valence-electron chi connectivity index (χ4n) is 4.29. The zero-order chi connectivity index (χ0) is 28.0. The number of phenolic OH excluding ortho intramolecular Hbond substituents is 1. The van der Waals surface area contributed by atoms with Gasteiger partial charge in [0.25, 0.3) is 0 Å². The Balaban J connectivity index is 1.83. The highest BCUT2D eigenvalue weighted by Gasteiger charge is 2.50. The second-order valence-corrected chi connectivity index (χ2v) is 8.72. The third-order valence-electron chi connectivity index (χ3n) is 6.39. The van der Waals surface area contributed by atoms with Crippen LogP contribution in [-0.2, 0) is 23.7 Å². The molecule has 13 heteroatoms. The van der Waals surface area contributed by atoms with E-state index in [2.05, 4.69) is 0 Å². The lowest BCUT2D eigenvalue weighted by Gasteiger charge is -2.44. The first kappa shape index (κ1) is 29.5. The van der Waals surface area contributed by atoms with Gasteiger partial charge in [-0.1, -0.05) is 6.07 Å². The van der Waals surface area contributed by atoms with E-state index in [-0.39, 0.29) is 23.5 Å². The van der Waals surface area contributed by atoms with Crippen LogP contribution in [0.1, 0.15) is 12.0 Å². The number of nitriles is 1. The van der Waals surface area contributed by atoms with Crippen molar-refractivity contribution in [2.24, 2.45) is 0 Å². The van der Waals surface area contributed by atoms with Gasteiger partial charge in [0.15, 0.2) is 23.9 Å². The summed E-state index contributed by atoms with van der Waals surface area (Å²) < 4.78 is 27.0. The van der Waals surface area contributed by atoms with E-state index >= 15 is 0 Å². The number of carbonyl (C=O) groups excluding carboxylic acids is 1. The van der Waals surface area contributed by atoms with Crippen molar-refractivity contribution in [3.05, 3.63) is 41.5 Å². The molecule has 38 heavy (non-hydrogen) atoms. The van der Waals surface area contributed by atoms with Crippen LogP contribution in [0.2, 0.25) is 0 Å². The number of esters is 1. The van der Waals surface area contributed by atoms with Crippen LogP contribution in [0, 0.1) is 11.3 Å². The first-order chi connectivity index (χ1) is 18.1. The van der Waals surface area contributed by atoms with Gasteiger partial charge in [0, 0.05) is 31.3 Å². The van der Waals surface area contributed by atoms with Crippen molar-refractivity contribution in [2.45, 2.75) is 61.5 Å². The molecule has 208 valence electrons. The highest BCUT2D eigenvalue weighted by Crippen LogP contribution is 2.33. The van der Waals surface area contributed by atoms with Crippen molar-refractivity contribution in [3.63, 3.8) is 0 Å². The molecule has 1 aliphatic carbocycles. The Labute approximate surface area is 218 Å². The van der Waals surface area contributed by atoms with Gasteiger partial charge in [0.2, 0.25) is 0 Å². The summed E-state index contributed by atoms with van der Waals surface area (Å²) in [5, 5.41) is 70.2. The number of hydrogen-bond acceptors (Lipinski definition) is 13. The largest absolute Gasteiger partial charge is 0.504 e. The molecule has 1 aromatic carbocycles. The second kappa shape index (κ2) is 13.1. The van der Waals surface area contributed by atoms with Crippen molar-refractivity contribution in [1.82, 2.24) is 0 Å². The summed E-state index contributed by atoms with van der Waals surface area (Å²) in [6.45, 7) is -0.699. The number of allylic oxidation sites excluding steroid dienone is 1. The molecule has 9 atom stereocenters. The first-order valence-corrected chi connectivity index (χ1v) is 11.7. The van der Waals surface area contributed by atoms with E-state index in [0.717, 1.165) is 12.2 Å². The van der Waals surface area contributed by atoms with Crippen LogP contribution in [0.25, 0.3) is 6.08 Å². The van der Waals surface area contributed by atoms with Gasteiger partial charge < -0.3 is 54.3 Å². The minimum absolute atomic E-state index is 0.00399. The third kappa shape index (κ3) is 6.49. The molecule has 1 saturated heterocycles. The molecule has 13 nitrogen and oxygen atoms in total. The van der Waals surface area contributed by atoms with Gasteiger partial charge in [-0.25, -0.2) is 4.79 Å². The lowest BCUT2D eigenvalue weighted by Crippen LogP contribution is -2.61. The molecule has 0 bridgehead atoms. The van der Waals surface area contributed by atoms with Gasteiger partial charge in [0.1, 0.15) is 30.5 Å². The standard InChI is InChI=1S/C25H31NO12/c1-34-16-9-12(3-5-14(16)28)4-6-19(29)38-24-23(33)22(32)18(11-27)37-25(24)36-15-10-17(35-2)21(31)20(30)13(15)7-8-26/h3-7,9,15,17-18,20-25,27-28,30-33H,10-11H2,1-2H3/b6-4-,13-7-. The average Bonchev–Trinajstić information content (AvgIpc) is 2.91. The summed E-state index contributed by atoms with van der Waals surface area (Å²) in [5.41, 5.74) is 0.487. The number of aromatic hydroxyl groups is 1. The maximum absolute atomic E-state index is 12.6. The number of benzene rings is 1. The molecule has 0 aromatic heterocycles. The Hall–Kier alpha value is -3.06. The van der Waals surface area contributed by atoms with E-state index in [9.17, 15) is 35.4 Å². The third-order valence-corrected chi connectivity index (χ3v) is 6.39. The molecule has 1 aliphatic heterocycles. The van der Waals surface area contributed by atoms with Crippen LogP contribution < -0.4 is 4.74 Å². The number of rotatable bonds is 8. The highest BCUT2D eigenvalue weighted by molar-refractivity contribution is 5.87. The van der Waals surface area contributed by atoms with Gasteiger partial charge in [-0.3, -0.25) is 0 Å². The van der Waals surface area contributed by atoms with Gasteiger partial charge in [-0.15, -0.1) is 0 Å². The molecule has 6 N–H and O–H groups in total. The Morgan fingerprint density at radius 3 is 2.55 bits per heavy atom. The van der Waals surface area contributed by atoms with Crippen LogP contribution in [0.15, 0.2) is 35.9 Å². The fraction of sp³-hybridized carbons (Fsp3) is 0.520. The molecule has 2 fully saturated rings. The van der Waals surface area contributed by atoms with Crippen LogP contribution in [0.3, 0.4) is 0 Å². The number of aliphatic hydroxyl groups excluding tert-OH is 5. The van der Waals surface area contributed by atoms with E-state index in [1.165, 1.54) is 38.5 Å². The van der Waals surface area contributed by atoms with Crippen molar-refractivity contribution in [1.29, 1.82) is 5.26 Å². The number of ether oxygens (including phenoxy) is 5. The van der Waals surface area contributed by atoms with E-state index in [0.29, 0.717) is 5.56 Å². The topological polar surface area (TPSA) is 208 Å². The van der Waals surface area contributed by atoms with Crippen molar-refractivity contribution >= 4 is 12.0 Å². The fourth-order valence-corrected chi connectivity index (χ4v) is 4.29. The monoisotopic (exact) mass is 537 g/mol. The zero-order valence-electron chi connectivity index (χ0n) is 20.7. The zero-order valence-corrected chi connectivity index (χ0v) is 20.7. The van der Waals surface area contributed by atoms with E-state index < -0.39 is 67.7 Å². The molecule has 1 aromatic rings. The quantitative estimate of drug-likeness (QED) is 0.130. The Bertz CT molecular complexity index is 1070. The van der Waals surface area contributed by atoms with Crippen molar-refractivity contribution in [3.8, 4) is 17.6 Å². The lowest BCUT2D eigenvalue weighted by atomic mass is 9.84. The SMILES string of the molecule is COc1cc(/C=C\C(=O)OC2C(OC3CC(OC)C(O)C(O)/C3=C\C#N)OC(CO)C(O)C2O)ccc1O. The Morgan fingerprint density at radius 2 is 1.92 bits per heavy atom. The summed E-state index contributed by atoms with van der Waals surface area (Å²) in [7, 11) is 2.68. The van der Waals surface area contributed by atoms with Crippen LogP contribution in [-0.4, -0.2) is 113 Å².